The minimum Gasteiger partial charge on any atom is -0.382 e. The molecule has 1 amide bonds. The number of rotatable bonds is 3. The van der Waals surface area contributed by atoms with Crippen molar-refractivity contribution in [1.29, 1.82) is 0 Å². The highest BCUT2D eigenvalue weighted by Gasteiger charge is 2.07. The van der Waals surface area contributed by atoms with Crippen LogP contribution < -0.4 is 11.1 Å². The summed E-state index contributed by atoms with van der Waals surface area (Å²) in [6.07, 6.45) is 0. The van der Waals surface area contributed by atoms with E-state index in [9.17, 15) is 4.79 Å². The fourth-order valence-electron chi connectivity index (χ4n) is 1.42. The van der Waals surface area contributed by atoms with Gasteiger partial charge in [0.1, 0.15) is 5.82 Å². The van der Waals surface area contributed by atoms with Gasteiger partial charge in [-0.25, -0.2) is 0 Å². The van der Waals surface area contributed by atoms with Crippen molar-refractivity contribution >= 4 is 11.7 Å². The van der Waals surface area contributed by atoms with Gasteiger partial charge in [0, 0.05) is 5.69 Å². The number of nitrogens with one attached hydrogen (secondary N) is 1. The number of nitrogens with two attached hydrogens (primary N) is 1. The molecule has 2 rings (SSSR count). The van der Waals surface area contributed by atoms with Gasteiger partial charge in [-0.2, -0.15) is 0 Å². The Bertz CT molecular complexity index is 553. The highest BCUT2D eigenvalue weighted by atomic mass is 16.1. The number of carbonyl (C=O) groups is 1. The molecule has 0 aliphatic heterocycles. The zero-order valence-electron chi connectivity index (χ0n) is 9.92. The maximum atomic E-state index is 11.7. The number of aryl methyl sites for hydroxylation is 1. The summed E-state index contributed by atoms with van der Waals surface area (Å²) in [6.45, 7) is 2.25. The zero-order chi connectivity index (χ0) is 13.0. The maximum absolute atomic E-state index is 11.7. The van der Waals surface area contributed by atoms with E-state index in [1.165, 1.54) is 12.1 Å². The van der Waals surface area contributed by atoms with Crippen LogP contribution in [0.1, 0.15) is 21.9 Å². The van der Waals surface area contributed by atoms with Gasteiger partial charge in [-0.3, -0.25) is 9.78 Å². The largest absolute Gasteiger partial charge is 0.382 e. The molecule has 6 nitrogen and oxygen atoms in total. The van der Waals surface area contributed by atoms with Crippen molar-refractivity contribution in [2.45, 2.75) is 13.5 Å². The van der Waals surface area contributed by atoms with Crippen LogP contribution in [-0.2, 0) is 6.54 Å². The molecule has 0 saturated heterocycles. The molecule has 3 N–H and O–H groups in total. The Morgan fingerprint density at radius 3 is 2.78 bits per heavy atom. The van der Waals surface area contributed by atoms with E-state index in [2.05, 4.69) is 20.5 Å². The van der Waals surface area contributed by atoms with E-state index in [0.29, 0.717) is 6.54 Å². The Hall–Kier alpha value is -2.50. The number of pyridine rings is 1. The average molecular weight is 243 g/mol. The number of hydrogen-bond donors (Lipinski definition) is 2. The standard InChI is InChI=1S/C12H13N5O/c1-8-3-2-4-9(15-8)7-14-12(18)10-5-6-11(13)17-16-10/h2-6H,7H2,1H3,(H2,13,17)(H,14,18). The lowest BCUT2D eigenvalue weighted by Gasteiger charge is -2.04. The average Bonchev–Trinajstić information content (AvgIpc) is 2.37. The van der Waals surface area contributed by atoms with Crippen LogP contribution in [0, 0.1) is 6.92 Å². The number of anilines is 1. The second-order valence-electron chi connectivity index (χ2n) is 3.80. The van der Waals surface area contributed by atoms with E-state index in [-0.39, 0.29) is 17.4 Å². The summed E-state index contributed by atoms with van der Waals surface area (Å²) in [4.78, 5) is 16.0. The van der Waals surface area contributed by atoms with Gasteiger partial charge in [-0.15, -0.1) is 10.2 Å². The number of hydrogen-bond acceptors (Lipinski definition) is 5. The molecule has 6 heteroatoms. The van der Waals surface area contributed by atoms with Crippen LogP contribution in [0.25, 0.3) is 0 Å². The Morgan fingerprint density at radius 2 is 2.11 bits per heavy atom. The van der Waals surface area contributed by atoms with Gasteiger partial charge in [0.2, 0.25) is 0 Å². The SMILES string of the molecule is Cc1cccc(CNC(=O)c2ccc(N)nn2)n1. The number of carbonyl (C=O) groups excluding carboxylic acids is 1. The van der Waals surface area contributed by atoms with Crippen molar-refractivity contribution in [1.82, 2.24) is 20.5 Å². The molecule has 2 aromatic rings. The van der Waals surface area contributed by atoms with Gasteiger partial charge >= 0.3 is 0 Å². The van der Waals surface area contributed by atoms with Crippen molar-refractivity contribution in [3.8, 4) is 0 Å². The van der Waals surface area contributed by atoms with Gasteiger partial charge in [0.05, 0.1) is 12.2 Å². The first kappa shape index (κ1) is 12.0. The minimum absolute atomic E-state index is 0.233. The van der Waals surface area contributed by atoms with Crippen molar-refractivity contribution in [2.75, 3.05) is 5.73 Å². The van der Waals surface area contributed by atoms with Crippen molar-refractivity contribution in [3.05, 3.63) is 47.4 Å². The van der Waals surface area contributed by atoms with E-state index in [1.54, 1.807) is 0 Å². The fourth-order valence-corrected chi connectivity index (χ4v) is 1.42. The van der Waals surface area contributed by atoms with Crippen LogP contribution in [-0.4, -0.2) is 21.1 Å². The summed E-state index contributed by atoms with van der Waals surface area (Å²) in [5.74, 6) is -0.0160. The predicted molar refractivity (Wildman–Crippen MR) is 66.6 cm³/mol. The van der Waals surface area contributed by atoms with Gasteiger partial charge in [0.15, 0.2) is 5.69 Å². The molecule has 0 aliphatic carbocycles. The lowest BCUT2D eigenvalue weighted by molar-refractivity contribution is 0.0944. The Kier molecular flexibility index (Phi) is 3.47. The summed E-state index contributed by atoms with van der Waals surface area (Å²) >= 11 is 0. The Labute approximate surface area is 104 Å². The minimum atomic E-state index is -0.300. The molecular weight excluding hydrogens is 230 g/mol. The number of amides is 1. The monoisotopic (exact) mass is 243 g/mol. The molecule has 0 fully saturated rings. The Morgan fingerprint density at radius 1 is 1.28 bits per heavy atom. The molecule has 0 unspecified atom stereocenters. The molecule has 0 aromatic carbocycles. The number of aromatic nitrogens is 3. The first-order valence-electron chi connectivity index (χ1n) is 5.45. The number of nitrogens with zero attached hydrogens (tertiary/aromatic N) is 3. The molecule has 0 aliphatic rings. The molecule has 0 radical (unpaired) electrons. The first-order valence-corrected chi connectivity index (χ1v) is 5.45. The lowest BCUT2D eigenvalue weighted by atomic mass is 10.3. The van der Waals surface area contributed by atoms with Gasteiger partial charge in [-0.05, 0) is 31.2 Å². The molecular formula is C12H13N5O. The lowest BCUT2D eigenvalue weighted by Crippen LogP contribution is -2.24. The summed E-state index contributed by atoms with van der Waals surface area (Å²) in [7, 11) is 0. The quantitative estimate of drug-likeness (QED) is 0.827. The van der Waals surface area contributed by atoms with Crippen molar-refractivity contribution in [2.24, 2.45) is 0 Å². The molecule has 0 spiro atoms. The van der Waals surface area contributed by atoms with Gasteiger partial charge in [0.25, 0.3) is 5.91 Å². The van der Waals surface area contributed by atoms with Crippen LogP contribution in [0.5, 0.6) is 0 Å². The molecule has 0 atom stereocenters. The molecule has 18 heavy (non-hydrogen) atoms. The van der Waals surface area contributed by atoms with E-state index in [1.807, 2.05) is 25.1 Å². The summed E-state index contributed by atoms with van der Waals surface area (Å²) in [5, 5.41) is 10.0. The van der Waals surface area contributed by atoms with Crippen molar-refractivity contribution < 1.29 is 4.79 Å². The molecule has 0 saturated carbocycles. The topological polar surface area (TPSA) is 93.8 Å². The van der Waals surface area contributed by atoms with Gasteiger partial charge in [-0.1, -0.05) is 6.07 Å². The predicted octanol–water partition coefficient (Wildman–Crippen LogP) is 0.692. The van der Waals surface area contributed by atoms with E-state index in [0.717, 1.165) is 11.4 Å². The van der Waals surface area contributed by atoms with Crippen LogP contribution in [0.2, 0.25) is 0 Å². The number of nitrogen functional groups attached to an aromatic ring is 1. The van der Waals surface area contributed by atoms with E-state index < -0.39 is 0 Å². The van der Waals surface area contributed by atoms with Crippen LogP contribution >= 0.6 is 0 Å². The van der Waals surface area contributed by atoms with Crippen LogP contribution in [0.3, 0.4) is 0 Å². The Balaban J connectivity index is 1.98. The van der Waals surface area contributed by atoms with Crippen molar-refractivity contribution in [3.63, 3.8) is 0 Å². The second-order valence-corrected chi connectivity index (χ2v) is 3.80. The van der Waals surface area contributed by atoms with Crippen LogP contribution in [0.15, 0.2) is 30.3 Å². The third-order valence-electron chi connectivity index (χ3n) is 2.29. The highest BCUT2D eigenvalue weighted by molar-refractivity contribution is 5.92. The molecule has 2 heterocycles. The van der Waals surface area contributed by atoms with Crippen LogP contribution in [0.4, 0.5) is 5.82 Å². The summed E-state index contributed by atoms with van der Waals surface area (Å²) in [5.41, 5.74) is 7.34. The smallest absolute Gasteiger partial charge is 0.272 e. The van der Waals surface area contributed by atoms with E-state index >= 15 is 0 Å². The zero-order valence-corrected chi connectivity index (χ0v) is 9.92. The van der Waals surface area contributed by atoms with Gasteiger partial charge < -0.3 is 11.1 Å². The second kappa shape index (κ2) is 5.22. The normalized spacial score (nSPS) is 10.1. The third-order valence-corrected chi connectivity index (χ3v) is 2.29. The summed E-state index contributed by atoms with van der Waals surface area (Å²) in [6, 6.07) is 8.71. The highest BCUT2D eigenvalue weighted by Crippen LogP contribution is 2.00. The maximum Gasteiger partial charge on any atom is 0.272 e. The molecule has 0 bridgehead atoms. The fraction of sp³-hybridized carbons (Fsp3) is 0.167. The van der Waals surface area contributed by atoms with E-state index in [4.69, 9.17) is 5.73 Å². The molecule has 2 aromatic heterocycles. The third kappa shape index (κ3) is 3.00. The summed E-state index contributed by atoms with van der Waals surface area (Å²) < 4.78 is 0. The first-order chi connectivity index (χ1) is 8.65. The molecule has 92 valence electrons.